The number of ether oxygens (including phenoxy) is 1. The van der Waals surface area contributed by atoms with Crippen molar-refractivity contribution in [3.8, 4) is 5.75 Å². The summed E-state index contributed by atoms with van der Waals surface area (Å²) in [6.45, 7) is 6.58. The topological polar surface area (TPSA) is 79.0 Å². The minimum absolute atomic E-state index is 0.000255. The Morgan fingerprint density at radius 2 is 1.60 bits per heavy atom. The molecule has 1 saturated heterocycles. The van der Waals surface area contributed by atoms with Crippen molar-refractivity contribution in [2.75, 3.05) is 38.6 Å². The lowest BCUT2D eigenvalue weighted by atomic mass is 9.89. The maximum atomic E-state index is 12.8. The lowest BCUT2D eigenvalue weighted by Gasteiger charge is -2.37. The number of anilines is 1. The second kappa shape index (κ2) is 7.55. The van der Waals surface area contributed by atoms with Gasteiger partial charge in [-0.25, -0.2) is 0 Å². The highest BCUT2D eigenvalue weighted by atomic mass is 16.5. The van der Waals surface area contributed by atoms with Gasteiger partial charge in [-0.15, -0.1) is 0 Å². The number of carbonyl (C=O) groups excluding carboxylic acids is 3. The molecule has 7 heteroatoms. The van der Waals surface area contributed by atoms with E-state index in [1.165, 1.54) is 14.0 Å². The highest BCUT2D eigenvalue weighted by Crippen LogP contribution is 2.27. The second-order valence-corrected chi connectivity index (χ2v) is 6.58. The molecule has 1 aliphatic rings. The molecule has 7 nitrogen and oxygen atoms in total. The highest BCUT2D eigenvalue weighted by Gasteiger charge is 2.40. The van der Waals surface area contributed by atoms with Crippen molar-refractivity contribution < 1.29 is 19.1 Å². The maximum absolute atomic E-state index is 12.8. The molecule has 0 aliphatic carbocycles. The zero-order valence-electron chi connectivity index (χ0n) is 15.2. The molecule has 3 amide bonds. The summed E-state index contributed by atoms with van der Waals surface area (Å²) in [4.78, 5) is 40.2. The minimum atomic E-state index is -1.22. The summed E-state index contributed by atoms with van der Waals surface area (Å²) in [5, 5.41) is 2.77. The minimum Gasteiger partial charge on any atom is -0.495 e. The summed E-state index contributed by atoms with van der Waals surface area (Å²) in [5.74, 6) is -0.103. The highest BCUT2D eigenvalue weighted by molar-refractivity contribution is 6.10. The quantitative estimate of drug-likeness (QED) is 0.834. The maximum Gasteiger partial charge on any atom is 0.239 e. The van der Waals surface area contributed by atoms with E-state index in [1.807, 2.05) is 0 Å². The summed E-state index contributed by atoms with van der Waals surface area (Å²) < 4.78 is 5.22. The molecule has 2 rings (SSSR count). The Balaban J connectivity index is 2.05. The molecule has 1 aliphatic heterocycles. The van der Waals surface area contributed by atoms with Crippen molar-refractivity contribution in [3.05, 3.63) is 24.3 Å². The molecule has 25 heavy (non-hydrogen) atoms. The first-order valence-corrected chi connectivity index (χ1v) is 8.26. The molecule has 0 radical (unpaired) electrons. The van der Waals surface area contributed by atoms with Gasteiger partial charge in [-0.2, -0.15) is 0 Å². The van der Waals surface area contributed by atoms with Crippen molar-refractivity contribution in [1.82, 2.24) is 9.80 Å². The largest absolute Gasteiger partial charge is 0.495 e. The molecule has 0 spiro atoms. The van der Waals surface area contributed by atoms with Crippen LogP contribution in [-0.2, 0) is 14.4 Å². The number of carbonyl (C=O) groups is 3. The normalized spacial score (nSPS) is 14.9. The van der Waals surface area contributed by atoms with Crippen LogP contribution in [0, 0.1) is 5.41 Å². The van der Waals surface area contributed by atoms with Gasteiger partial charge in [0.1, 0.15) is 11.2 Å². The van der Waals surface area contributed by atoms with Gasteiger partial charge >= 0.3 is 0 Å². The number of methoxy groups -OCH3 is 1. The van der Waals surface area contributed by atoms with Crippen molar-refractivity contribution in [2.45, 2.75) is 20.8 Å². The Bertz CT molecular complexity index is 664. The van der Waals surface area contributed by atoms with Crippen LogP contribution in [0.25, 0.3) is 0 Å². The van der Waals surface area contributed by atoms with E-state index in [0.717, 1.165) is 0 Å². The van der Waals surface area contributed by atoms with Crippen LogP contribution in [0.5, 0.6) is 5.75 Å². The van der Waals surface area contributed by atoms with Gasteiger partial charge in [0.05, 0.1) is 12.8 Å². The van der Waals surface area contributed by atoms with E-state index in [-0.39, 0.29) is 11.8 Å². The van der Waals surface area contributed by atoms with Crippen LogP contribution in [0.15, 0.2) is 24.3 Å². The Morgan fingerprint density at radius 1 is 1.04 bits per heavy atom. The number of amides is 3. The molecule has 1 N–H and O–H groups in total. The predicted molar refractivity (Wildman–Crippen MR) is 94.2 cm³/mol. The van der Waals surface area contributed by atoms with E-state index in [4.69, 9.17) is 4.74 Å². The Kier molecular flexibility index (Phi) is 5.66. The van der Waals surface area contributed by atoms with Gasteiger partial charge < -0.3 is 19.9 Å². The van der Waals surface area contributed by atoms with Crippen molar-refractivity contribution in [2.24, 2.45) is 5.41 Å². The van der Waals surface area contributed by atoms with Crippen LogP contribution in [0.4, 0.5) is 5.69 Å². The van der Waals surface area contributed by atoms with Gasteiger partial charge in [-0.3, -0.25) is 14.4 Å². The third kappa shape index (κ3) is 4.10. The third-order valence-corrected chi connectivity index (χ3v) is 4.47. The van der Waals surface area contributed by atoms with Crippen LogP contribution >= 0.6 is 0 Å². The predicted octanol–water partition coefficient (Wildman–Crippen LogP) is 1.35. The average molecular weight is 347 g/mol. The summed E-state index contributed by atoms with van der Waals surface area (Å²) in [6, 6.07) is 7.06. The number of rotatable bonds is 4. The van der Waals surface area contributed by atoms with E-state index in [1.54, 1.807) is 47.9 Å². The standard InChI is InChI=1S/C18H25N3O4/c1-13(22)20-9-11-21(12-10-20)17(24)18(2,3)16(23)19-14-7-5-6-8-15(14)25-4/h5-8H,9-12H2,1-4H3,(H,19,23). The van der Waals surface area contributed by atoms with Crippen LogP contribution in [0.3, 0.4) is 0 Å². The van der Waals surface area contributed by atoms with Crippen LogP contribution < -0.4 is 10.1 Å². The lowest BCUT2D eigenvalue weighted by Crippen LogP contribution is -2.55. The number of piperazine rings is 1. The Labute approximate surface area is 147 Å². The first-order valence-electron chi connectivity index (χ1n) is 8.26. The van der Waals surface area contributed by atoms with Gasteiger partial charge in [0.2, 0.25) is 17.7 Å². The van der Waals surface area contributed by atoms with Gasteiger partial charge in [0.15, 0.2) is 0 Å². The van der Waals surface area contributed by atoms with Crippen LogP contribution in [0.1, 0.15) is 20.8 Å². The molecule has 0 aromatic heterocycles. The van der Waals surface area contributed by atoms with Crippen molar-refractivity contribution in [1.29, 1.82) is 0 Å². The molecular weight excluding hydrogens is 322 g/mol. The SMILES string of the molecule is COc1ccccc1NC(=O)C(C)(C)C(=O)N1CCN(C(C)=O)CC1. The zero-order chi connectivity index (χ0) is 18.6. The molecular formula is C18H25N3O4. The Hall–Kier alpha value is -2.57. The Morgan fingerprint density at radius 3 is 2.16 bits per heavy atom. The number of benzene rings is 1. The molecule has 1 aromatic carbocycles. The van der Waals surface area contributed by atoms with Crippen LogP contribution in [0.2, 0.25) is 0 Å². The fraction of sp³-hybridized carbons (Fsp3) is 0.500. The molecule has 1 heterocycles. The number of hydrogen-bond donors (Lipinski definition) is 1. The first-order chi connectivity index (χ1) is 11.8. The number of para-hydroxylation sites is 2. The van der Waals surface area contributed by atoms with Gasteiger partial charge in [0, 0.05) is 33.1 Å². The molecule has 1 fully saturated rings. The summed E-state index contributed by atoms with van der Waals surface area (Å²) in [5.41, 5.74) is -0.698. The van der Waals surface area contributed by atoms with E-state index in [2.05, 4.69) is 5.32 Å². The van der Waals surface area contributed by atoms with Crippen molar-refractivity contribution >= 4 is 23.4 Å². The fourth-order valence-corrected chi connectivity index (χ4v) is 2.74. The van der Waals surface area contributed by atoms with E-state index in [0.29, 0.717) is 37.6 Å². The van der Waals surface area contributed by atoms with Crippen molar-refractivity contribution in [3.63, 3.8) is 0 Å². The molecule has 1 aromatic rings. The molecule has 0 atom stereocenters. The zero-order valence-corrected chi connectivity index (χ0v) is 15.2. The van der Waals surface area contributed by atoms with E-state index >= 15 is 0 Å². The summed E-state index contributed by atoms with van der Waals surface area (Å²) in [7, 11) is 1.52. The van der Waals surface area contributed by atoms with Gasteiger partial charge in [0.25, 0.3) is 0 Å². The molecule has 0 saturated carbocycles. The van der Waals surface area contributed by atoms with E-state index in [9.17, 15) is 14.4 Å². The average Bonchev–Trinajstić information content (AvgIpc) is 2.61. The lowest BCUT2D eigenvalue weighted by molar-refractivity contribution is -0.149. The monoisotopic (exact) mass is 347 g/mol. The summed E-state index contributed by atoms with van der Waals surface area (Å²) >= 11 is 0. The van der Waals surface area contributed by atoms with Gasteiger partial charge in [-0.05, 0) is 26.0 Å². The number of hydrogen-bond acceptors (Lipinski definition) is 4. The van der Waals surface area contributed by atoms with E-state index < -0.39 is 11.3 Å². The number of nitrogens with zero attached hydrogens (tertiary/aromatic N) is 2. The fourth-order valence-electron chi connectivity index (χ4n) is 2.74. The molecule has 0 unspecified atom stereocenters. The smallest absolute Gasteiger partial charge is 0.239 e. The number of nitrogens with one attached hydrogen (secondary N) is 1. The first kappa shape index (κ1) is 18.8. The van der Waals surface area contributed by atoms with Gasteiger partial charge in [-0.1, -0.05) is 12.1 Å². The third-order valence-electron chi connectivity index (χ3n) is 4.47. The molecule has 136 valence electrons. The second-order valence-electron chi connectivity index (χ2n) is 6.58. The summed E-state index contributed by atoms with van der Waals surface area (Å²) in [6.07, 6.45) is 0. The molecule has 0 bridgehead atoms. The van der Waals surface area contributed by atoms with Crippen LogP contribution in [-0.4, -0.2) is 60.8 Å².